The molecule has 2 amide bonds. The smallest absolute Gasteiger partial charge is 0.317 e. The first-order valence-corrected chi connectivity index (χ1v) is 6.80. The van der Waals surface area contributed by atoms with Crippen molar-refractivity contribution in [2.24, 2.45) is 0 Å². The SMILES string of the molecule is CCN(CC)C(=O)NCc1cn2nc(C)sc2n1. The largest absolute Gasteiger partial charge is 0.332 e. The van der Waals surface area contributed by atoms with Gasteiger partial charge in [-0.25, -0.2) is 14.3 Å². The van der Waals surface area contributed by atoms with Crippen LogP contribution in [-0.2, 0) is 6.54 Å². The summed E-state index contributed by atoms with van der Waals surface area (Å²) in [6.45, 7) is 7.72. The van der Waals surface area contributed by atoms with E-state index in [4.69, 9.17) is 0 Å². The molecule has 2 heterocycles. The molecular weight excluding hydrogens is 250 g/mol. The first-order chi connectivity index (χ1) is 8.63. The minimum atomic E-state index is -0.0551. The Morgan fingerprint density at radius 1 is 1.50 bits per heavy atom. The highest BCUT2D eigenvalue weighted by Crippen LogP contribution is 2.13. The van der Waals surface area contributed by atoms with Crippen molar-refractivity contribution in [3.8, 4) is 0 Å². The van der Waals surface area contributed by atoms with Crippen LogP contribution in [0.25, 0.3) is 4.96 Å². The molecule has 0 bridgehead atoms. The fraction of sp³-hybridized carbons (Fsp3) is 0.545. The second-order valence-corrected chi connectivity index (χ2v) is 5.07. The van der Waals surface area contributed by atoms with Crippen molar-refractivity contribution in [1.29, 1.82) is 0 Å². The number of nitrogens with zero attached hydrogens (tertiary/aromatic N) is 4. The number of hydrogen-bond acceptors (Lipinski definition) is 4. The van der Waals surface area contributed by atoms with Gasteiger partial charge in [-0.15, -0.1) is 0 Å². The van der Waals surface area contributed by atoms with Gasteiger partial charge in [-0.05, 0) is 20.8 Å². The van der Waals surface area contributed by atoms with E-state index in [9.17, 15) is 4.79 Å². The van der Waals surface area contributed by atoms with Gasteiger partial charge in [0.2, 0.25) is 4.96 Å². The summed E-state index contributed by atoms with van der Waals surface area (Å²) >= 11 is 1.54. The summed E-state index contributed by atoms with van der Waals surface area (Å²) in [4.78, 5) is 18.8. The molecule has 1 N–H and O–H groups in total. The molecule has 2 aromatic rings. The predicted molar refractivity (Wildman–Crippen MR) is 70.8 cm³/mol. The highest BCUT2D eigenvalue weighted by Gasteiger charge is 2.10. The van der Waals surface area contributed by atoms with Gasteiger partial charge in [0.1, 0.15) is 5.01 Å². The maximum Gasteiger partial charge on any atom is 0.317 e. The minimum Gasteiger partial charge on any atom is -0.332 e. The van der Waals surface area contributed by atoms with Crippen LogP contribution in [0.5, 0.6) is 0 Å². The summed E-state index contributed by atoms with van der Waals surface area (Å²) in [5, 5.41) is 8.11. The molecule has 0 saturated heterocycles. The van der Waals surface area contributed by atoms with Gasteiger partial charge in [-0.1, -0.05) is 11.3 Å². The monoisotopic (exact) mass is 267 g/mol. The average molecular weight is 267 g/mol. The Hall–Kier alpha value is -1.63. The van der Waals surface area contributed by atoms with Crippen LogP contribution in [0.2, 0.25) is 0 Å². The number of nitrogens with one attached hydrogen (secondary N) is 1. The van der Waals surface area contributed by atoms with Crippen LogP contribution in [0.4, 0.5) is 4.79 Å². The maximum atomic E-state index is 11.8. The van der Waals surface area contributed by atoms with E-state index in [-0.39, 0.29) is 6.03 Å². The van der Waals surface area contributed by atoms with Crippen molar-refractivity contribution < 1.29 is 4.79 Å². The number of hydrogen-bond donors (Lipinski definition) is 1. The Morgan fingerprint density at radius 2 is 2.22 bits per heavy atom. The van der Waals surface area contributed by atoms with Crippen LogP contribution >= 0.6 is 11.3 Å². The molecule has 98 valence electrons. The summed E-state index contributed by atoms with van der Waals surface area (Å²) in [5.74, 6) is 0. The van der Waals surface area contributed by atoms with Crippen LogP contribution in [0.1, 0.15) is 24.5 Å². The van der Waals surface area contributed by atoms with Crippen molar-refractivity contribution in [2.75, 3.05) is 13.1 Å². The summed E-state index contributed by atoms with van der Waals surface area (Å²) in [7, 11) is 0. The van der Waals surface area contributed by atoms with Crippen molar-refractivity contribution in [2.45, 2.75) is 27.3 Å². The van der Waals surface area contributed by atoms with E-state index in [1.165, 1.54) is 0 Å². The molecule has 0 spiro atoms. The third-order valence-electron chi connectivity index (χ3n) is 2.67. The van der Waals surface area contributed by atoms with Gasteiger partial charge in [0.25, 0.3) is 0 Å². The topological polar surface area (TPSA) is 62.5 Å². The van der Waals surface area contributed by atoms with Crippen molar-refractivity contribution in [1.82, 2.24) is 24.8 Å². The van der Waals surface area contributed by atoms with E-state index in [1.807, 2.05) is 27.0 Å². The van der Waals surface area contributed by atoms with E-state index in [0.29, 0.717) is 19.6 Å². The molecule has 0 aromatic carbocycles. The molecule has 0 atom stereocenters. The maximum absolute atomic E-state index is 11.8. The summed E-state index contributed by atoms with van der Waals surface area (Å²) in [5.41, 5.74) is 0.828. The highest BCUT2D eigenvalue weighted by molar-refractivity contribution is 7.16. The van der Waals surface area contributed by atoms with Crippen LogP contribution in [0, 0.1) is 6.92 Å². The Kier molecular flexibility index (Phi) is 3.81. The molecule has 7 heteroatoms. The summed E-state index contributed by atoms with van der Waals surface area (Å²) in [6, 6.07) is -0.0551. The first-order valence-electron chi connectivity index (χ1n) is 5.98. The van der Waals surface area contributed by atoms with Gasteiger partial charge < -0.3 is 10.2 Å². The minimum absolute atomic E-state index is 0.0551. The Bertz CT molecular complexity index is 511. The number of carbonyl (C=O) groups is 1. The average Bonchev–Trinajstić information content (AvgIpc) is 2.84. The van der Waals surface area contributed by atoms with Crippen LogP contribution in [0.15, 0.2) is 6.20 Å². The van der Waals surface area contributed by atoms with Gasteiger partial charge in [0, 0.05) is 13.1 Å². The van der Waals surface area contributed by atoms with E-state index in [2.05, 4.69) is 15.4 Å². The number of rotatable bonds is 4. The standard InChI is InChI=1S/C11H17N5OS/c1-4-15(5-2)10(17)12-6-9-7-16-11(13-9)18-8(3)14-16/h7H,4-6H2,1-3H3,(H,12,17). The summed E-state index contributed by atoms with van der Waals surface area (Å²) in [6.07, 6.45) is 1.85. The second-order valence-electron chi connectivity index (χ2n) is 3.91. The summed E-state index contributed by atoms with van der Waals surface area (Å²) < 4.78 is 1.75. The molecule has 2 aromatic heterocycles. The van der Waals surface area contributed by atoms with Gasteiger partial charge in [0.15, 0.2) is 0 Å². The van der Waals surface area contributed by atoms with Crippen LogP contribution in [-0.4, -0.2) is 38.6 Å². The number of aryl methyl sites for hydroxylation is 1. The number of fused-ring (bicyclic) bond motifs is 1. The fourth-order valence-electron chi connectivity index (χ4n) is 1.72. The lowest BCUT2D eigenvalue weighted by Gasteiger charge is -2.18. The molecule has 0 fully saturated rings. The van der Waals surface area contributed by atoms with E-state index < -0.39 is 0 Å². The third kappa shape index (κ3) is 2.61. The lowest BCUT2D eigenvalue weighted by Crippen LogP contribution is -2.39. The number of aromatic nitrogens is 3. The number of urea groups is 1. The Balaban J connectivity index is 1.97. The number of amides is 2. The molecule has 0 aliphatic rings. The van der Waals surface area contributed by atoms with Gasteiger partial charge in [-0.3, -0.25) is 0 Å². The zero-order valence-electron chi connectivity index (χ0n) is 10.8. The first kappa shape index (κ1) is 12.8. The van der Waals surface area contributed by atoms with Gasteiger partial charge in [-0.2, -0.15) is 5.10 Å². The van der Waals surface area contributed by atoms with Crippen molar-refractivity contribution in [3.05, 3.63) is 16.9 Å². The molecule has 0 unspecified atom stereocenters. The lowest BCUT2D eigenvalue weighted by atomic mass is 10.4. The Labute approximate surface area is 110 Å². The molecule has 0 aliphatic carbocycles. The molecule has 18 heavy (non-hydrogen) atoms. The fourth-order valence-corrected chi connectivity index (χ4v) is 2.46. The molecule has 0 radical (unpaired) electrons. The molecule has 2 rings (SSSR count). The Morgan fingerprint density at radius 3 is 2.83 bits per heavy atom. The number of imidazole rings is 1. The molecule has 6 nitrogen and oxygen atoms in total. The van der Waals surface area contributed by atoms with Crippen LogP contribution in [0.3, 0.4) is 0 Å². The highest BCUT2D eigenvalue weighted by atomic mass is 32.1. The van der Waals surface area contributed by atoms with Crippen molar-refractivity contribution >= 4 is 22.3 Å². The predicted octanol–water partition coefficient (Wildman–Crippen LogP) is 1.65. The quantitative estimate of drug-likeness (QED) is 0.916. The van der Waals surface area contributed by atoms with E-state index in [1.54, 1.807) is 20.8 Å². The molecule has 0 saturated carbocycles. The lowest BCUT2D eigenvalue weighted by molar-refractivity contribution is 0.202. The normalized spacial score (nSPS) is 10.8. The van der Waals surface area contributed by atoms with Gasteiger partial charge >= 0.3 is 6.03 Å². The van der Waals surface area contributed by atoms with Crippen molar-refractivity contribution in [3.63, 3.8) is 0 Å². The zero-order valence-corrected chi connectivity index (χ0v) is 11.6. The molecule has 0 aliphatic heterocycles. The van der Waals surface area contributed by atoms with Gasteiger partial charge in [0.05, 0.1) is 18.4 Å². The molecular formula is C11H17N5OS. The van der Waals surface area contributed by atoms with Crippen LogP contribution < -0.4 is 5.32 Å². The second kappa shape index (κ2) is 5.34. The van der Waals surface area contributed by atoms with E-state index in [0.717, 1.165) is 15.7 Å². The third-order valence-corrected chi connectivity index (χ3v) is 3.50. The number of carbonyl (C=O) groups excluding carboxylic acids is 1. The van der Waals surface area contributed by atoms with E-state index >= 15 is 0 Å². The zero-order chi connectivity index (χ0) is 13.1.